The predicted octanol–water partition coefficient (Wildman–Crippen LogP) is 2.89. The summed E-state index contributed by atoms with van der Waals surface area (Å²) in [6.45, 7) is 3.94. The van der Waals surface area contributed by atoms with Crippen molar-refractivity contribution >= 4 is 11.0 Å². The molecule has 96 valence electrons. The topological polar surface area (TPSA) is 43.8 Å². The molecular formula is C15H21N3. The van der Waals surface area contributed by atoms with E-state index in [0.29, 0.717) is 6.54 Å². The van der Waals surface area contributed by atoms with Gasteiger partial charge in [-0.3, -0.25) is 0 Å². The fraction of sp³-hybridized carbons (Fsp3) is 0.400. The summed E-state index contributed by atoms with van der Waals surface area (Å²) in [5.74, 6) is 1.14. The summed E-state index contributed by atoms with van der Waals surface area (Å²) in [5.41, 5.74) is 7.80. The van der Waals surface area contributed by atoms with Gasteiger partial charge in [0.15, 0.2) is 0 Å². The second kappa shape index (κ2) is 6.36. The van der Waals surface area contributed by atoms with Crippen molar-refractivity contribution < 1.29 is 0 Å². The first-order chi connectivity index (χ1) is 8.86. The Morgan fingerprint density at radius 2 is 2.11 bits per heavy atom. The van der Waals surface area contributed by atoms with Gasteiger partial charge in [-0.05, 0) is 31.5 Å². The molecule has 0 unspecified atom stereocenters. The van der Waals surface area contributed by atoms with E-state index in [9.17, 15) is 0 Å². The molecule has 0 radical (unpaired) electrons. The normalized spacial score (nSPS) is 11.7. The number of fused-ring (bicyclic) bond motifs is 1. The standard InChI is InChI=1S/C15H21N3/c1-2-12-18-14-9-6-5-8-13(14)17-15(18)10-4-3-7-11-16/h3-6,8-9H,2,7,10-12,16H2,1H3. The highest BCUT2D eigenvalue weighted by Gasteiger charge is 2.07. The minimum atomic E-state index is 0.710. The van der Waals surface area contributed by atoms with E-state index in [4.69, 9.17) is 10.7 Å². The van der Waals surface area contributed by atoms with Crippen LogP contribution in [0.2, 0.25) is 0 Å². The van der Waals surface area contributed by atoms with Crippen molar-refractivity contribution in [1.29, 1.82) is 0 Å². The smallest absolute Gasteiger partial charge is 0.113 e. The van der Waals surface area contributed by atoms with E-state index in [1.165, 1.54) is 5.52 Å². The largest absolute Gasteiger partial charge is 0.330 e. The Hall–Kier alpha value is -1.61. The first-order valence-electron chi connectivity index (χ1n) is 6.66. The molecule has 0 aliphatic heterocycles. The van der Waals surface area contributed by atoms with Crippen LogP contribution in [0.15, 0.2) is 36.4 Å². The van der Waals surface area contributed by atoms with Crippen LogP contribution in [0.3, 0.4) is 0 Å². The lowest BCUT2D eigenvalue weighted by molar-refractivity contribution is 0.666. The number of para-hydroxylation sites is 2. The summed E-state index contributed by atoms with van der Waals surface area (Å²) in [7, 11) is 0. The zero-order valence-corrected chi connectivity index (χ0v) is 11.0. The van der Waals surface area contributed by atoms with Gasteiger partial charge in [0.05, 0.1) is 11.0 Å². The summed E-state index contributed by atoms with van der Waals surface area (Å²) in [6.07, 6.45) is 7.25. The summed E-state index contributed by atoms with van der Waals surface area (Å²) in [6, 6.07) is 8.34. The molecule has 0 aliphatic rings. The number of allylic oxidation sites excluding steroid dienone is 1. The molecule has 2 rings (SSSR count). The van der Waals surface area contributed by atoms with Gasteiger partial charge in [0, 0.05) is 13.0 Å². The number of hydrogen-bond donors (Lipinski definition) is 1. The van der Waals surface area contributed by atoms with Crippen LogP contribution in [0.25, 0.3) is 11.0 Å². The maximum absolute atomic E-state index is 5.47. The summed E-state index contributed by atoms with van der Waals surface area (Å²) in [4.78, 5) is 4.71. The average molecular weight is 243 g/mol. The molecule has 1 aromatic carbocycles. The quantitative estimate of drug-likeness (QED) is 0.793. The number of rotatable bonds is 6. The zero-order chi connectivity index (χ0) is 12.8. The van der Waals surface area contributed by atoms with Gasteiger partial charge >= 0.3 is 0 Å². The molecular weight excluding hydrogens is 222 g/mol. The molecule has 2 N–H and O–H groups in total. The first kappa shape index (κ1) is 12.8. The van der Waals surface area contributed by atoms with Gasteiger partial charge in [-0.1, -0.05) is 31.2 Å². The van der Waals surface area contributed by atoms with E-state index in [1.54, 1.807) is 0 Å². The molecule has 0 amide bonds. The summed E-state index contributed by atoms with van der Waals surface area (Å²) in [5, 5.41) is 0. The number of benzene rings is 1. The number of aromatic nitrogens is 2. The van der Waals surface area contributed by atoms with Gasteiger partial charge in [0.1, 0.15) is 5.82 Å². The molecule has 2 aromatic rings. The van der Waals surface area contributed by atoms with E-state index in [-0.39, 0.29) is 0 Å². The Bertz CT molecular complexity index is 526. The van der Waals surface area contributed by atoms with Gasteiger partial charge in [0.2, 0.25) is 0 Å². The molecule has 1 heterocycles. The van der Waals surface area contributed by atoms with Crippen molar-refractivity contribution in [2.45, 2.75) is 32.7 Å². The maximum atomic E-state index is 5.47. The number of nitrogens with zero attached hydrogens (tertiary/aromatic N) is 2. The van der Waals surface area contributed by atoms with Gasteiger partial charge in [-0.15, -0.1) is 0 Å². The van der Waals surface area contributed by atoms with Crippen molar-refractivity contribution in [3.8, 4) is 0 Å². The van der Waals surface area contributed by atoms with Crippen LogP contribution < -0.4 is 5.73 Å². The predicted molar refractivity (Wildman–Crippen MR) is 76.5 cm³/mol. The minimum Gasteiger partial charge on any atom is -0.330 e. The van der Waals surface area contributed by atoms with Gasteiger partial charge < -0.3 is 10.3 Å². The number of nitrogens with two attached hydrogens (primary N) is 1. The highest BCUT2D eigenvalue weighted by molar-refractivity contribution is 5.75. The van der Waals surface area contributed by atoms with E-state index in [1.807, 2.05) is 6.07 Å². The zero-order valence-electron chi connectivity index (χ0n) is 11.0. The van der Waals surface area contributed by atoms with Crippen LogP contribution in [0, 0.1) is 0 Å². The molecule has 0 aliphatic carbocycles. The Morgan fingerprint density at radius 1 is 1.28 bits per heavy atom. The highest BCUT2D eigenvalue weighted by atomic mass is 15.1. The monoisotopic (exact) mass is 243 g/mol. The third-order valence-corrected chi connectivity index (χ3v) is 2.98. The van der Waals surface area contributed by atoms with Crippen molar-refractivity contribution in [2.24, 2.45) is 5.73 Å². The third kappa shape index (κ3) is 2.79. The Morgan fingerprint density at radius 3 is 2.89 bits per heavy atom. The number of hydrogen-bond acceptors (Lipinski definition) is 2. The molecule has 0 saturated heterocycles. The molecule has 1 aromatic heterocycles. The van der Waals surface area contributed by atoms with E-state index >= 15 is 0 Å². The van der Waals surface area contributed by atoms with Crippen LogP contribution >= 0.6 is 0 Å². The van der Waals surface area contributed by atoms with Gasteiger partial charge in [0.25, 0.3) is 0 Å². The second-order valence-corrected chi connectivity index (χ2v) is 4.42. The van der Waals surface area contributed by atoms with Gasteiger partial charge in [-0.25, -0.2) is 4.98 Å². The molecule has 18 heavy (non-hydrogen) atoms. The maximum Gasteiger partial charge on any atom is 0.113 e. The van der Waals surface area contributed by atoms with Crippen LogP contribution in [-0.2, 0) is 13.0 Å². The lowest BCUT2D eigenvalue weighted by Gasteiger charge is -2.05. The van der Waals surface area contributed by atoms with E-state index in [2.05, 4.69) is 41.8 Å². The van der Waals surface area contributed by atoms with Crippen LogP contribution in [0.5, 0.6) is 0 Å². The van der Waals surface area contributed by atoms with Crippen LogP contribution in [0.4, 0.5) is 0 Å². The lowest BCUT2D eigenvalue weighted by atomic mass is 10.3. The van der Waals surface area contributed by atoms with Crippen LogP contribution in [0.1, 0.15) is 25.6 Å². The SMILES string of the molecule is CCCn1c(CC=CCCN)nc2ccccc21. The number of aryl methyl sites for hydroxylation is 1. The van der Waals surface area contributed by atoms with Crippen LogP contribution in [-0.4, -0.2) is 16.1 Å². The van der Waals surface area contributed by atoms with Crippen molar-refractivity contribution in [1.82, 2.24) is 9.55 Å². The molecule has 0 atom stereocenters. The number of imidazole rings is 1. The Labute approximate surface area is 108 Å². The first-order valence-corrected chi connectivity index (χ1v) is 6.66. The summed E-state index contributed by atoms with van der Waals surface area (Å²) < 4.78 is 2.32. The lowest BCUT2D eigenvalue weighted by Crippen LogP contribution is -2.02. The van der Waals surface area contributed by atoms with Gasteiger partial charge in [-0.2, -0.15) is 0 Å². The molecule has 0 fully saturated rings. The Kier molecular flexibility index (Phi) is 4.53. The summed E-state index contributed by atoms with van der Waals surface area (Å²) >= 11 is 0. The highest BCUT2D eigenvalue weighted by Crippen LogP contribution is 2.17. The third-order valence-electron chi connectivity index (χ3n) is 2.98. The fourth-order valence-corrected chi connectivity index (χ4v) is 2.16. The molecule has 3 nitrogen and oxygen atoms in total. The Balaban J connectivity index is 2.27. The van der Waals surface area contributed by atoms with Crippen molar-refractivity contribution in [3.05, 3.63) is 42.2 Å². The van der Waals surface area contributed by atoms with Crippen molar-refractivity contribution in [2.75, 3.05) is 6.54 Å². The molecule has 3 heteroatoms. The second-order valence-electron chi connectivity index (χ2n) is 4.42. The minimum absolute atomic E-state index is 0.710. The molecule has 0 bridgehead atoms. The van der Waals surface area contributed by atoms with E-state index < -0.39 is 0 Å². The van der Waals surface area contributed by atoms with E-state index in [0.717, 1.165) is 37.1 Å². The molecule has 0 spiro atoms. The average Bonchev–Trinajstić information content (AvgIpc) is 2.74. The van der Waals surface area contributed by atoms with Crippen molar-refractivity contribution in [3.63, 3.8) is 0 Å². The molecule has 0 saturated carbocycles. The fourth-order valence-electron chi connectivity index (χ4n) is 2.16.